The third-order valence-electron chi connectivity index (χ3n) is 1.93. The van der Waals surface area contributed by atoms with Crippen molar-refractivity contribution in [2.75, 3.05) is 13.2 Å². The molecule has 0 aliphatic carbocycles. The van der Waals surface area contributed by atoms with Crippen LogP contribution in [0.2, 0.25) is 0 Å². The number of aliphatic hydroxyl groups is 1. The first-order chi connectivity index (χ1) is 7.53. The summed E-state index contributed by atoms with van der Waals surface area (Å²) in [5.74, 6) is -0.544. The molecule has 0 aliphatic heterocycles. The SMILES string of the molecule is CCOP(=O)(OCC)[C@H](O)c1ccc(C)o1. The van der Waals surface area contributed by atoms with E-state index in [1.54, 1.807) is 32.9 Å². The van der Waals surface area contributed by atoms with Gasteiger partial charge in [0.1, 0.15) is 11.5 Å². The van der Waals surface area contributed by atoms with Gasteiger partial charge in [0.2, 0.25) is 5.85 Å². The fraction of sp³-hybridized carbons (Fsp3) is 0.600. The molecule has 1 aromatic rings. The van der Waals surface area contributed by atoms with Gasteiger partial charge in [-0.05, 0) is 32.9 Å². The third-order valence-corrected chi connectivity index (χ3v) is 4.02. The molecule has 0 unspecified atom stereocenters. The zero-order valence-electron chi connectivity index (χ0n) is 9.67. The molecule has 0 saturated heterocycles. The predicted octanol–water partition coefficient (Wildman–Crippen LogP) is 2.85. The van der Waals surface area contributed by atoms with Crippen LogP contribution >= 0.6 is 7.60 Å². The molecule has 0 radical (unpaired) electrons. The van der Waals surface area contributed by atoms with Gasteiger partial charge in [-0.25, -0.2) is 0 Å². The van der Waals surface area contributed by atoms with Gasteiger partial charge in [-0.1, -0.05) is 0 Å². The number of hydrogen-bond donors (Lipinski definition) is 1. The first-order valence-electron chi connectivity index (χ1n) is 5.16. The Bertz CT molecular complexity index is 363. The highest BCUT2D eigenvalue weighted by molar-refractivity contribution is 7.54. The van der Waals surface area contributed by atoms with Crippen LogP contribution in [-0.4, -0.2) is 18.3 Å². The topological polar surface area (TPSA) is 68.9 Å². The molecule has 0 fully saturated rings. The summed E-state index contributed by atoms with van der Waals surface area (Å²) >= 11 is 0. The molecule has 16 heavy (non-hydrogen) atoms. The highest BCUT2D eigenvalue weighted by Crippen LogP contribution is 2.59. The Morgan fingerprint density at radius 3 is 2.31 bits per heavy atom. The number of aliphatic hydroxyl groups excluding tert-OH is 1. The predicted molar refractivity (Wildman–Crippen MR) is 59.3 cm³/mol. The Kier molecular flexibility index (Phi) is 4.74. The normalized spacial score (nSPS) is 14.0. The van der Waals surface area contributed by atoms with Crippen LogP contribution < -0.4 is 0 Å². The molecular weight excluding hydrogens is 231 g/mol. The Morgan fingerprint density at radius 2 is 1.94 bits per heavy atom. The molecule has 92 valence electrons. The monoisotopic (exact) mass is 248 g/mol. The van der Waals surface area contributed by atoms with Gasteiger partial charge in [0.05, 0.1) is 13.2 Å². The minimum atomic E-state index is -3.56. The van der Waals surface area contributed by atoms with Crippen molar-refractivity contribution in [1.82, 2.24) is 0 Å². The van der Waals surface area contributed by atoms with E-state index < -0.39 is 13.4 Å². The van der Waals surface area contributed by atoms with Crippen LogP contribution in [0.1, 0.15) is 31.2 Å². The molecule has 0 aromatic carbocycles. The van der Waals surface area contributed by atoms with E-state index >= 15 is 0 Å². The smallest absolute Gasteiger partial charge is 0.366 e. The molecule has 1 heterocycles. The molecule has 1 N–H and O–H groups in total. The van der Waals surface area contributed by atoms with Crippen LogP contribution in [0.25, 0.3) is 0 Å². The second-order valence-electron chi connectivity index (χ2n) is 3.20. The maximum atomic E-state index is 12.2. The van der Waals surface area contributed by atoms with Gasteiger partial charge in [0.15, 0.2) is 0 Å². The lowest BCUT2D eigenvalue weighted by Crippen LogP contribution is -2.05. The minimum Gasteiger partial charge on any atom is -0.463 e. The zero-order chi connectivity index (χ0) is 12.2. The second kappa shape index (κ2) is 5.64. The van der Waals surface area contributed by atoms with Gasteiger partial charge in [0, 0.05) is 0 Å². The Balaban J connectivity index is 2.90. The third kappa shape index (κ3) is 2.95. The molecule has 0 saturated carbocycles. The van der Waals surface area contributed by atoms with Crippen molar-refractivity contribution in [1.29, 1.82) is 0 Å². The first-order valence-corrected chi connectivity index (χ1v) is 6.78. The van der Waals surface area contributed by atoms with Crippen LogP contribution in [0, 0.1) is 6.92 Å². The standard InChI is InChI=1S/C10H17O5P/c1-4-13-16(12,14-5-2)10(11)9-7-6-8(3)15-9/h6-7,10-11H,4-5H2,1-3H3/t10-/m0/s1. The average Bonchev–Trinajstić information content (AvgIpc) is 2.64. The minimum absolute atomic E-state index is 0.197. The van der Waals surface area contributed by atoms with Gasteiger partial charge in [-0.3, -0.25) is 4.57 Å². The van der Waals surface area contributed by atoms with Crippen molar-refractivity contribution < 1.29 is 23.1 Å². The number of rotatable bonds is 6. The Hall–Kier alpha value is -0.610. The molecule has 1 aromatic heterocycles. The average molecular weight is 248 g/mol. The lowest BCUT2D eigenvalue weighted by atomic mass is 10.4. The van der Waals surface area contributed by atoms with E-state index in [4.69, 9.17) is 13.5 Å². The molecule has 1 atom stereocenters. The molecule has 1 rings (SSSR count). The van der Waals surface area contributed by atoms with Crippen LogP contribution in [0.5, 0.6) is 0 Å². The van der Waals surface area contributed by atoms with Crippen molar-refractivity contribution in [3.05, 3.63) is 23.7 Å². The van der Waals surface area contributed by atoms with Gasteiger partial charge < -0.3 is 18.6 Å². The molecular formula is C10H17O5P. The van der Waals surface area contributed by atoms with Crippen LogP contribution in [0.15, 0.2) is 16.5 Å². The Morgan fingerprint density at radius 1 is 1.38 bits per heavy atom. The van der Waals surface area contributed by atoms with E-state index in [2.05, 4.69) is 0 Å². The lowest BCUT2D eigenvalue weighted by Gasteiger charge is -2.20. The highest BCUT2D eigenvalue weighted by atomic mass is 31.2. The molecule has 0 aliphatic rings. The van der Waals surface area contributed by atoms with Crippen LogP contribution in [0.4, 0.5) is 0 Å². The van der Waals surface area contributed by atoms with Gasteiger partial charge in [-0.15, -0.1) is 0 Å². The van der Waals surface area contributed by atoms with E-state index in [-0.39, 0.29) is 19.0 Å². The summed E-state index contributed by atoms with van der Waals surface area (Å²) in [4.78, 5) is 0. The number of aryl methyl sites for hydroxylation is 1. The highest BCUT2D eigenvalue weighted by Gasteiger charge is 2.37. The largest absolute Gasteiger partial charge is 0.463 e. The molecule has 6 heteroatoms. The molecule has 5 nitrogen and oxygen atoms in total. The summed E-state index contributed by atoms with van der Waals surface area (Å²) in [5.41, 5.74) is 0. The van der Waals surface area contributed by atoms with Crippen molar-refractivity contribution in [3.63, 3.8) is 0 Å². The fourth-order valence-electron chi connectivity index (χ4n) is 1.29. The fourth-order valence-corrected chi connectivity index (χ4v) is 2.81. The first kappa shape index (κ1) is 13.5. The van der Waals surface area contributed by atoms with Crippen LogP contribution in [0.3, 0.4) is 0 Å². The maximum absolute atomic E-state index is 12.2. The molecule has 0 amide bonds. The van der Waals surface area contributed by atoms with E-state index in [9.17, 15) is 9.67 Å². The summed E-state index contributed by atoms with van der Waals surface area (Å²) in [7, 11) is -3.56. The summed E-state index contributed by atoms with van der Waals surface area (Å²) < 4.78 is 27.4. The maximum Gasteiger partial charge on any atom is 0.366 e. The summed E-state index contributed by atoms with van der Waals surface area (Å²) in [6, 6.07) is 3.24. The number of hydrogen-bond acceptors (Lipinski definition) is 5. The summed E-state index contributed by atoms with van der Waals surface area (Å²) in [6.45, 7) is 5.52. The van der Waals surface area contributed by atoms with Crippen LogP contribution in [-0.2, 0) is 13.6 Å². The summed E-state index contributed by atoms with van der Waals surface area (Å²) in [5, 5.41) is 9.91. The van der Waals surface area contributed by atoms with E-state index in [0.29, 0.717) is 5.76 Å². The zero-order valence-corrected chi connectivity index (χ0v) is 10.6. The molecule has 0 bridgehead atoms. The number of furan rings is 1. The quantitative estimate of drug-likeness (QED) is 0.784. The van der Waals surface area contributed by atoms with Gasteiger partial charge >= 0.3 is 7.60 Å². The second-order valence-corrected chi connectivity index (χ2v) is 5.28. The van der Waals surface area contributed by atoms with Gasteiger partial charge in [-0.2, -0.15) is 0 Å². The van der Waals surface area contributed by atoms with E-state index in [1.165, 1.54) is 0 Å². The van der Waals surface area contributed by atoms with E-state index in [0.717, 1.165) is 0 Å². The van der Waals surface area contributed by atoms with E-state index in [1.807, 2.05) is 0 Å². The Labute approximate surface area is 94.9 Å². The lowest BCUT2D eigenvalue weighted by molar-refractivity contribution is 0.136. The van der Waals surface area contributed by atoms with Gasteiger partial charge in [0.25, 0.3) is 0 Å². The van der Waals surface area contributed by atoms with Crippen molar-refractivity contribution in [2.24, 2.45) is 0 Å². The van der Waals surface area contributed by atoms with Crippen molar-refractivity contribution in [3.8, 4) is 0 Å². The molecule has 0 spiro atoms. The van der Waals surface area contributed by atoms with Crippen molar-refractivity contribution >= 4 is 7.60 Å². The van der Waals surface area contributed by atoms with Crippen molar-refractivity contribution in [2.45, 2.75) is 26.6 Å². The summed E-state index contributed by atoms with van der Waals surface area (Å²) in [6.07, 6.45) is 0.